The van der Waals surface area contributed by atoms with Crippen LogP contribution in [-0.4, -0.2) is 12.3 Å². The number of carbonyl (C=O) groups excluding carboxylic acids is 1. The normalized spacial score (nSPS) is 20.0. The number of nitrogens with two attached hydrogens (primary N) is 1. The van der Waals surface area contributed by atoms with Crippen LogP contribution in [0.3, 0.4) is 0 Å². The monoisotopic (exact) mass is 206 g/mol. The molecule has 2 aliphatic rings. The molecule has 3 N–H and O–H groups in total. The van der Waals surface area contributed by atoms with Crippen molar-refractivity contribution in [2.75, 3.05) is 6.54 Å². The average molecular weight is 206 g/mol. The van der Waals surface area contributed by atoms with Crippen molar-refractivity contribution in [3.8, 4) is 0 Å². The van der Waals surface area contributed by atoms with Gasteiger partial charge in [0.05, 0.1) is 5.70 Å². The number of hydroxylamine groups is 1. The van der Waals surface area contributed by atoms with Crippen molar-refractivity contribution in [3.05, 3.63) is 34.8 Å². The molecule has 0 atom stereocenters. The van der Waals surface area contributed by atoms with Crippen LogP contribution in [0.15, 0.2) is 34.8 Å². The molecule has 0 aromatic rings. The molecule has 0 spiro atoms. The highest BCUT2D eigenvalue weighted by molar-refractivity contribution is 5.94. The summed E-state index contributed by atoms with van der Waals surface area (Å²) in [7, 11) is 0. The van der Waals surface area contributed by atoms with Gasteiger partial charge in [-0.05, 0) is 31.2 Å². The fraction of sp³-hybridized carbons (Fsp3) is 0.364. The smallest absolute Gasteiger partial charge is 0.160 e. The number of allylic oxidation sites excluding steroid dienone is 3. The molecule has 0 saturated heterocycles. The van der Waals surface area contributed by atoms with Crippen molar-refractivity contribution in [1.29, 1.82) is 0 Å². The van der Waals surface area contributed by atoms with E-state index in [2.05, 4.69) is 5.48 Å². The Kier molecular flexibility index (Phi) is 2.60. The molecular weight excluding hydrogens is 192 g/mol. The van der Waals surface area contributed by atoms with Gasteiger partial charge in [0.25, 0.3) is 0 Å². The first-order valence-electron chi connectivity index (χ1n) is 5.00. The molecule has 1 heterocycles. The van der Waals surface area contributed by atoms with Gasteiger partial charge in [0, 0.05) is 18.4 Å². The fourth-order valence-electron chi connectivity index (χ4n) is 1.72. The Bertz CT molecular complexity index is 391. The van der Waals surface area contributed by atoms with E-state index in [9.17, 15) is 4.79 Å². The van der Waals surface area contributed by atoms with E-state index in [0.717, 1.165) is 29.0 Å². The molecule has 1 aliphatic carbocycles. The third-order valence-corrected chi connectivity index (χ3v) is 2.59. The third-order valence-electron chi connectivity index (χ3n) is 2.59. The Hall–Kier alpha value is -1.55. The van der Waals surface area contributed by atoms with Crippen molar-refractivity contribution in [1.82, 2.24) is 5.48 Å². The van der Waals surface area contributed by atoms with Gasteiger partial charge in [0.1, 0.15) is 0 Å². The number of hydrogen-bond donors (Lipinski definition) is 2. The molecule has 0 unspecified atom stereocenters. The van der Waals surface area contributed by atoms with Crippen LogP contribution >= 0.6 is 0 Å². The number of hydrogen-bond acceptors (Lipinski definition) is 4. The molecule has 0 bridgehead atoms. The number of rotatable bonds is 2. The molecule has 1 aliphatic heterocycles. The van der Waals surface area contributed by atoms with Gasteiger partial charge in [-0.25, -0.2) is 5.48 Å². The van der Waals surface area contributed by atoms with Crippen molar-refractivity contribution in [2.45, 2.75) is 19.8 Å². The van der Waals surface area contributed by atoms with Gasteiger partial charge in [0.15, 0.2) is 11.5 Å². The Morgan fingerprint density at radius 3 is 3.13 bits per heavy atom. The molecule has 0 amide bonds. The molecule has 0 aromatic carbocycles. The summed E-state index contributed by atoms with van der Waals surface area (Å²) in [6, 6.07) is 0. The van der Waals surface area contributed by atoms with Crippen molar-refractivity contribution in [3.63, 3.8) is 0 Å². The fourth-order valence-corrected chi connectivity index (χ4v) is 1.72. The minimum absolute atomic E-state index is 0.116. The largest absolute Gasteiger partial charge is 0.382 e. The molecule has 4 heteroatoms. The zero-order chi connectivity index (χ0) is 10.8. The van der Waals surface area contributed by atoms with Crippen LogP contribution in [0.25, 0.3) is 0 Å². The van der Waals surface area contributed by atoms with Gasteiger partial charge in [-0.2, -0.15) is 0 Å². The summed E-state index contributed by atoms with van der Waals surface area (Å²) in [5.74, 6) is 0.860. The van der Waals surface area contributed by atoms with E-state index in [0.29, 0.717) is 13.0 Å². The van der Waals surface area contributed by atoms with Gasteiger partial charge in [-0.3, -0.25) is 4.79 Å². The minimum Gasteiger partial charge on any atom is -0.382 e. The number of ketones is 1. The van der Waals surface area contributed by atoms with Crippen LogP contribution in [0.1, 0.15) is 19.8 Å². The highest BCUT2D eigenvalue weighted by Crippen LogP contribution is 2.30. The van der Waals surface area contributed by atoms with E-state index in [1.807, 2.05) is 6.92 Å². The van der Waals surface area contributed by atoms with Crippen LogP contribution < -0.4 is 11.2 Å². The zero-order valence-electron chi connectivity index (χ0n) is 8.67. The lowest BCUT2D eigenvalue weighted by Gasteiger charge is -2.26. The van der Waals surface area contributed by atoms with E-state index in [1.54, 1.807) is 12.2 Å². The lowest BCUT2D eigenvalue weighted by molar-refractivity contribution is -0.114. The zero-order valence-corrected chi connectivity index (χ0v) is 8.67. The number of nitrogens with one attached hydrogen (secondary N) is 1. The van der Waals surface area contributed by atoms with E-state index in [1.165, 1.54) is 0 Å². The van der Waals surface area contributed by atoms with Crippen LogP contribution in [0.2, 0.25) is 0 Å². The highest BCUT2D eigenvalue weighted by Gasteiger charge is 2.23. The predicted molar refractivity (Wildman–Crippen MR) is 56.4 cm³/mol. The topological polar surface area (TPSA) is 64.3 Å². The maximum absolute atomic E-state index is 11.3. The molecule has 80 valence electrons. The third kappa shape index (κ3) is 1.80. The molecule has 0 aromatic heterocycles. The van der Waals surface area contributed by atoms with E-state index >= 15 is 0 Å². The van der Waals surface area contributed by atoms with Gasteiger partial charge >= 0.3 is 0 Å². The van der Waals surface area contributed by atoms with Crippen LogP contribution in [-0.2, 0) is 9.63 Å². The Morgan fingerprint density at radius 1 is 1.60 bits per heavy atom. The molecule has 2 rings (SSSR count). The Labute approximate surface area is 88.4 Å². The second kappa shape index (κ2) is 3.90. The minimum atomic E-state index is 0.116. The SMILES string of the molecule is CC1=C(CCN)NOC2=CCC(=O)C=C21. The average Bonchev–Trinajstić information content (AvgIpc) is 2.23. The highest BCUT2D eigenvalue weighted by atomic mass is 16.6. The first-order chi connectivity index (χ1) is 7.22. The first kappa shape index (κ1) is 9.98. The predicted octanol–water partition coefficient (Wildman–Crippen LogP) is 0.927. The van der Waals surface area contributed by atoms with E-state index in [-0.39, 0.29) is 5.78 Å². The molecule has 4 nitrogen and oxygen atoms in total. The standard InChI is InChI=1S/C11H14N2O2/c1-7-9-6-8(14)2-3-11(9)15-13-10(7)4-5-12/h3,6,13H,2,4-5,12H2,1H3. The Morgan fingerprint density at radius 2 is 2.40 bits per heavy atom. The van der Waals surface area contributed by atoms with E-state index < -0.39 is 0 Å². The summed E-state index contributed by atoms with van der Waals surface area (Å²) in [4.78, 5) is 16.6. The summed E-state index contributed by atoms with van der Waals surface area (Å²) in [5, 5.41) is 0. The molecule has 15 heavy (non-hydrogen) atoms. The second-order valence-electron chi connectivity index (χ2n) is 3.64. The quantitative estimate of drug-likeness (QED) is 0.705. The van der Waals surface area contributed by atoms with Crippen LogP contribution in [0, 0.1) is 0 Å². The van der Waals surface area contributed by atoms with Crippen molar-refractivity contribution in [2.24, 2.45) is 5.73 Å². The summed E-state index contributed by atoms with van der Waals surface area (Å²) in [6.07, 6.45) is 4.58. The molecular formula is C11H14N2O2. The number of fused-ring (bicyclic) bond motifs is 1. The van der Waals surface area contributed by atoms with Gasteiger partial charge < -0.3 is 10.6 Å². The van der Waals surface area contributed by atoms with Gasteiger partial charge in [-0.15, -0.1) is 0 Å². The first-order valence-corrected chi connectivity index (χ1v) is 5.00. The lowest BCUT2D eigenvalue weighted by Crippen LogP contribution is -2.26. The Balaban J connectivity index is 2.36. The van der Waals surface area contributed by atoms with E-state index in [4.69, 9.17) is 10.6 Å². The maximum atomic E-state index is 11.3. The lowest BCUT2D eigenvalue weighted by atomic mass is 9.95. The van der Waals surface area contributed by atoms with Gasteiger partial charge in [-0.1, -0.05) is 0 Å². The summed E-state index contributed by atoms with van der Waals surface area (Å²) >= 11 is 0. The van der Waals surface area contributed by atoms with Gasteiger partial charge in [0.2, 0.25) is 0 Å². The molecule has 0 fully saturated rings. The van der Waals surface area contributed by atoms with Crippen LogP contribution in [0.5, 0.6) is 0 Å². The number of carbonyl (C=O) groups is 1. The summed E-state index contributed by atoms with van der Waals surface area (Å²) < 4.78 is 0. The van der Waals surface area contributed by atoms with Crippen LogP contribution in [0.4, 0.5) is 0 Å². The molecule has 0 radical (unpaired) electrons. The summed E-state index contributed by atoms with van der Waals surface area (Å²) in [5.41, 5.74) is 11.2. The summed E-state index contributed by atoms with van der Waals surface area (Å²) in [6.45, 7) is 2.53. The molecule has 0 saturated carbocycles. The second-order valence-corrected chi connectivity index (χ2v) is 3.64. The van der Waals surface area contributed by atoms with Crippen molar-refractivity contribution < 1.29 is 9.63 Å². The van der Waals surface area contributed by atoms with Crippen molar-refractivity contribution >= 4 is 5.78 Å². The maximum Gasteiger partial charge on any atom is 0.160 e.